The van der Waals surface area contributed by atoms with Crippen LogP contribution < -0.4 is 10.6 Å². The summed E-state index contributed by atoms with van der Waals surface area (Å²) < 4.78 is 1.12. The fourth-order valence-corrected chi connectivity index (χ4v) is 3.16. The molecule has 4 heteroatoms. The molecule has 0 unspecified atom stereocenters. The van der Waals surface area contributed by atoms with Crippen molar-refractivity contribution in [2.24, 2.45) is 0 Å². The molecule has 0 atom stereocenters. The minimum atomic E-state index is 0.134. The summed E-state index contributed by atoms with van der Waals surface area (Å²) in [5.74, 6) is 0.989. The minimum Gasteiger partial charge on any atom is -0.364 e. The lowest BCUT2D eigenvalue weighted by atomic mass is 9.90. The van der Waals surface area contributed by atoms with Crippen molar-refractivity contribution in [2.45, 2.75) is 25.3 Å². The van der Waals surface area contributed by atoms with E-state index in [2.05, 4.69) is 62.7 Å². The monoisotopic (exact) mass is 319 g/mol. The van der Waals surface area contributed by atoms with E-state index in [0.717, 1.165) is 36.2 Å². The van der Waals surface area contributed by atoms with Gasteiger partial charge in [-0.1, -0.05) is 28.1 Å². The van der Waals surface area contributed by atoms with Crippen LogP contribution >= 0.6 is 15.9 Å². The summed E-state index contributed by atoms with van der Waals surface area (Å²) >= 11 is 3.60. The lowest BCUT2D eigenvalue weighted by Crippen LogP contribution is -2.45. The molecule has 1 aliphatic heterocycles. The van der Waals surface area contributed by atoms with Gasteiger partial charge in [0.2, 0.25) is 0 Å². The normalized spacial score (nSPS) is 18.4. The van der Waals surface area contributed by atoms with Crippen molar-refractivity contribution in [3.63, 3.8) is 0 Å². The number of halogens is 1. The first-order valence-corrected chi connectivity index (χ1v) is 7.49. The zero-order valence-corrected chi connectivity index (χ0v) is 12.6. The second-order valence-corrected chi connectivity index (χ2v) is 6.28. The molecule has 1 aliphatic rings. The molecular weight excluding hydrogens is 302 g/mol. The van der Waals surface area contributed by atoms with Gasteiger partial charge in [-0.3, -0.25) is 0 Å². The molecule has 0 saturated carbocycles. The highest BCUT2D eigenvalue weighted by molar-refractivity contribution is 9.10. The van der Waals surface area contributed by atoms with Gasteiger partial charge in [-0.2, -0.15) is 0 Å². The number of hydrogen-bond acceptors (Lipinski definition) is 3. The average Bonchev–Trinajstić information content (AvgIpc) is 2.40. The first kappa shape index (κ1) is 12.9. The summed E-state index contributed by atoms with van der Waals surface area (Å²) in [7, 11) is 0. The Labute approximate surface area is 121 Å². The van der Waals surface area contributed by atoms with Crippen molar-refractivity contribution in [1.29, 1.82) is 0 Å². The molecule has 100 valence electrons. The van der Waals surface area contributed by atoms with Gasteiger partial charge in [0.25, 0.3) is 0 Å². The van der Waals surface area contributed by atoms with Gasteiger partial charge < -0.3 is 10.6 Å². The van der Waals surface area contributed by atoms with E-state index in [1.54, 1.807) is 0 Å². The van der Waals surface area contributed by atoms with E-state index in [-0.39, 0.29) is 5.54 Å². The summed E-state index contributed by atoms with van der Waals surface area (Å²) in [4.78, 5) is 4.53. The van der Waals surface area contributed by atoms with Gasteiger partial charge in [0.1, 0.15) is 5.82 Å². The predicted octanol–water partition coefficient (Wildman–Crippen LogP) is 3.55. The van der Waals surface area contributed by atoms with Crippen LogP contribution in [0.15, 0.2) is 34.9 Å². The van der Waals surface area contributed by atoms with Crippen LogP contribution in [-0.4, -0.2) is 23.6 Å². The molecule has 0 aliphatic carbocycles. The van der Waals surface area contributed by atoms with Gasteiger partial charge >= 0.3 is 0 Å². The Bertz CT molecular complexity index is 591. The molecule has 0 spiro atoms. The number of benzene rings is 1. The molecule has 3 rings (SSSR count). The summed E-state index contributed by atoms with van der Waals surface area (Å²) in [6.45, 7) is 4.42. The summed E-state index contributed by atoms with van der Waals surface area (Å²) in [5, 5.41) is 9.44. The third-order valence-corrected chi connectivity index (χ3v) is 4.57. The average molecular weight is 320 g/mol. The molecule has 1 fully saturated rings. The van der Waals surface area contributed by atoms with Crippen LogP contribution in [0.25, 0.3) is 10.8 Å². The summed E-state index contributed by atoms with van der Waals surface area (Å²) in [5.41, 5.74) is 0.134. The highest BCUT2D eigenvalue weighted by Crippen LogP contribution is 2.31. The van der Waals surface area contributed by atoms with E-state index in [4.69, 9.17) is 0 Å². The number of hydrogen-bond donors (Lipinski definition) is 2. The van der Waals surface area contributed by atoms with E-state index >= 15 is 0 Å². The zero-order valence-electron chi connectivity index (χ0n) is 11.0. The first-order chi connectivity index (χ1) is 9.18. The maximum Gasteiger partial charge on any atom is 0.134 e. The van der Waals surface area contributed by atoms with Crippen LogP contribution in [0.5, 0.6) is 0 Å². The van der Waals surface area contributed by atoms with Gasteiger partial charge in [-0.15, -0.1) is 0 Å². The van der Waals surface area contributed by atoms with E-state index in [9.17, 15) is 0 Å². The maximum absolute atomic E-state index is 4.53. The largest absolute Gasteiger partial charge is 0.364 e. The number of nitrogens with one attached hydrogen (secondary N) is 2. The zero-order chi connectivity index (χ0) is 13.3. The Morgan fingerprint density at radius 3 is 2.79 bits per heavy atom. The van der Waals surface area contributed by atoms with Gasteiger partial charge in [0, 0.05) is 27.0 Å². The second-order valence-electron chi connectivity index (χ2n) is 5.43. The van der Waals surface area contributed by atoms with Gasteiger partial charge in [0.15, 0.2) is 0 Å². The SMILES string of the molecule is CC1(Nc2nccc3c(Br)cccc23)CCNCC1. The summed E-state index contributed by atoms with van der Waals surface area (Å²) in [6.07, 6.45) is 4.12. The van der Waals surface area contributed by atoms with Gasteiger partial charge in [0.05, 0.1) is 0 Å². The Hall–Kier alpha value is -1.13. The van der Waals surface area contributed by atoms with E-state index in [1.807, 2.05) is 6.20 Å². The number of nitrogens with zero attached hydrogens (tertiary/aromatic N) is 1. The van der Waals surface area contributed by atoms with Gasteiger partial charge in [-0.25, -0.2) is 4.98 Å². The molecule has 1 aromatic heterocycles. The molecule has 2 heterocycles. The molecule has 19 heavy (non-hydrogen) atoms. The highest BCUT2D eigenvalue weighted by atomic mass is 79.9. The molecule has 0 bridgehead atoms. The molecule has 2 N–H and O–H groups in total. The van der Waals surface area contributed by atoms with E-state index < -0.39 is 0 Å². The Morgan fingerprint density at radius 2 is 2.00 bits per heavy atom. The van der Waals surface area contributed by atoms with Crippen molar-refractivity contribution in [3.8, 4) is 0 Å². The standard InChI is InChI=1S/C15H18BrN3/c1-15(6-9-17-10-7-15)19-14-12-3-2-4-13(16)11(12)5-8-18-14/h2-5,8,17H,6-7,9-10H2,1H3,(H,18,19). The van der Waals surface area contributed by atoms with Crippen LogP contribution in [0.4, 0.5) is 5.82 Å². The molecule has 0 amide bonds. The third-order valence-electron chi connectivity index (χ3n) is 3.88. The molecule has 2 aromatic rings. The molecule has 1 saturated heterocycles. The Balaban J connectivity index is 1.99. The molecule has 3 nitrogen and oxygen atoms in total. The van der Waals surface area contributed by atoms with Crippen LogP contribution in [-0.2, 0) is 0 Å². The number of aromatic nitrogens is 1. The highest BCUT2D eigenvalue weighted by Gasteiger charge is 2.27. The topological polar surface area (TPSA) is 37.0 Å². The Morgan fingerprint density at radius 1 is 1.21 bits per heavy atom. The van der Waals surface area contributed by atoms with E-state index in [1.165, 1.54) is 10.8 Å². The number of fused-ring (bicyclic) bond motifs is 1. The Kier molecular flexibility index (Phi) is 3.46. The molecule has 0 radical (unpaired) electrons. The number of piperidine rings is 1. The molecular formula is C15H18BrN3. The number of pyridine rings is 1. The number of rotatable bonds is 2. The smallest absolute Gasteiger partial charge is 0.134 e. The minimum absolute atomic E-state index is 0.134. The van der Waals surface area contributed by atoms with Crippen molar-refractivity contribution >= 4 is 32.5 Å². The van der Waals surface area contributed by atoms with Crippen LogP contribution in [0.2, 0.25) is 0 Å². The lowest BCUT2D eigenvalue weighted by Gasteiger charge is -2.35. The van der Waals surface area contributed by atoms with Crippen LogP contribution in [0.1, 0.15) is 19.8 Å². The summed E-state index contributed by atoms with van der Waals surface area (Å²) in [6, 6.07) is 8.30. The van der Waals surface area contributed by atoms with Gasteiger partial charge in [-0.05, 0) is 45.0 Å². The van der Waals surface area contributed by atoms with E-state index in [0.29, 0.717) is 0 Å². The fraction of sp³-hybridized carbons (Fsp3) is 0.400. The first-order valence-electron chi connectivity index (χ1n) is 6.70. The molecule has 1 aromatic carbocycles. The maximum atomic E-state index is 4.53. The van der Waals surface area contributed by atoms with Crippen LogP contribution in [0, 0.1) is 0 Å². The van der Waals surface area contributed by atoms with Crippen molar-refractivity contribution in [2.75, 3.05) is 18.4 Å². The number of anilines is 1. The van der Waals surface area contributed by atoms with Crippen molar-refractivity contribution in [3.05, 3.63) is 34.9 Å². The predicted molar refractivity (Wildman–Crippen MR) is 83.6 cm³/mol. The third kappa shape index (κ3) is 2.60. The van der Waals surface area contributed by atoms with Crippen molar-refractivity contribution in [1.82, 2.24) is 10.3 Å². The fourth-order valence-electron chi connectivity index (χ4n) is 2.66. The second kappa shape index (κ2) is 5.10. The van der Waals surface area contributed by atoms with Crippen LogP contribution in [0.3, 0.4) is 0 Å². The van der Waals surface area contributed by atoms with Crippen molar-refractivity contribution < 1.29 is 0 Å². The quantitative estimate of drug-likeness (QED) is 0.888. The lowest BCUT2D eigenvalue weighted by molar-refractivity contribution is 0.364.